The molecular weight excluding hydrogens is 630 g/mol. The Hall–Kier alpha value is -4.77. The zero-order chi connectivity index (χ0) is 31.1. The number of halogens is 1. The summed E-state index contributed by atoms with van der Waals surface area (Å²) in [5.74, 6) is 0.656. The van der Waals surface area contributed by atoms with Crippen LogP contribution in [0.1, 0.15) is 0 Å². The van der Waals surface area contributed by atoms with Crippen molar-refractivity contribution in [1.29, 1.82) is 0 Å². The van der Waals surface area contributed by atoms with E-state index in [-0.39, 0.29) is 17.2 Å². The summed E-state index contributed by atoms with van der Waals surface area (Å²) in [5.41, 5.74) is 3.51. The van der Waals surface area contributed by atoms with Crippen molar-refractivity contribution in [1.82, 2.24) is 9.55 Å². The van der Waals surface area contributed by atoms with Crippen LogP contribution in [-0.4, -0.2) is 35.4 Å². The molecule has 1 amide bonds. The first kappa shape index (κ1) is 29.0. The summed E-state index contributed by atoms with van der Waals surface area (Å²) in [6.45, 7) is 0. The molecule has 45 heavy (non-hydrogen) atoms. The molecule has 0 unspecified atom stereocenters. The largest absolute Gasteiger partial charge is 0.495 e. The highest BCUT2D eigenvalue weighted by atomic mass is 35.5. The van der Waals surface area contributed by atoms with Crippen LogP contribution in [0.2, 0.25) is 5.02 Å². The molecule has 4 aromatic carbocycles. The third-order valence-electron chi connectivity index (χ3n) is 7.37. The number of thiophene rings is 1. The summed E-state index contributed by atoms with van der Waals surface area (Å²) in [5, 5.41) is 7.99. The molecule has 0 saturated carbocycles. The van der Waals surface area contributed by atoms with Crippen LogP contribution in [0.5, 0.6) is 11.5 Å². The Bertz CT molecular complexity index is 2310. The van der Waals surface area contributed by atoms with Crippen molar-refractivity contribution in [2.45, 2.75) is 5.16 Å². The number of thioether (sulfide) groups is 1. The van der Waals surface area contributed by atoms with Gasteiger partial charge in [-0.3, -0.25) is 14.2 Å². The van der Waals surface area contributed by atoms with Gasteiger partial charge in [-0.05, 0) is 30.3 Å². The Morgan fingerprint density at radius 3 is 2.51 bits per heavy atom. The second kappa shape index (κ2) is 12.0. The predicted octanol–water partition coefficient (Wildman–Crippen LogP) is 8.42. The SMILES string of the molecule is COc1cc2c(cc1NC(=O)CSc1nc3scc(-c4ccccc4Cl)c3c(=O)n1-c1ccccc1OC)oc1ccccc12. The van der Waals surface area contributed by atoms with Gasteiger partial charge in [0.1, 0.15) is 27.5 Å². The minimum Gasteiger partial charge on any atom is -0.495 e. The van der Waals surface area contributed by atoms with Gasteiger partial charge in [0.25, 0.3) is 5.56 Å². The quantitative estimate of drug-likeness (QED) is 0.130. The maximum Gasteiger partial charge on any atom is 0.268 e. The fourth-order valence-electron chi connectivity index (χ4n) is 5.31. The van der Waals surface area contributed by atoms with Crippen LogP contribution in [0.15, 0.2) is 105 Å². The second-order valence-electron chi connectivity index (χ2n) is 10.00. The van der Waals surface area contributed by atoms with Crippen molar-refractivity contribution in [3.05, 3.63) is 106 Å². The highest BCUT2D eigenvalue weighted by Crippen LogP contribution is 2.38. The minimum atomic E-state index is -0.308. The first-order valence-electron chi connectivity index (χ1n) is 13.8. The van der Waals surface area contributed by atoms with Crippen LogP contribution in [-0.2, 0) is 4.79 Å². The highest BCUT2D eigenvalue weighted by Gasteiger charge is 2.22. The molecule has 0 aliphatic carbocycles. The molecule has 0 aliphatic rings. The summed E-state index contributed by atoms with van der Waals surface area (Å²) in [6.07, 6.45) is 0. The van der Waals surface area contributed by atoms with Crippen molar-refractivity contribution >= 4 is 78.4 Å². The Balaban J connectivity index is 1.26. The maximum absolute atomic E-state index is 14.3. The summed E-state index contributed by atoms with van der Waals surface area (Å²) in [6, 6.07) is 25.9. The number of fused-ring (bicyclic) bond motifs is 4. The summed E-state index contributed by atoms with van der Waals surface area (Å²) >= 11 is 9.02. The van der Waals surface area contributed by atoms with Crippen molar-refractivity contribution in [2.75, 3.05) is 25.3 Å². The number of nitrogens with zero attached hydrogens (tertiary/aromatic N) is 2. The number of hydrogen-bond donors (Lipinski definition) is 1. The van der Waals surface area contributed by atoms with Gasteiger partial charge in [-0.15, -0.1) is 11.3 Å². The monoisotopic (exact) mass is 653 g/mol. The molecule has 224 valence electrons. The van der Waals surface area contributed by atoms with E-state index in [0.717, 1.165) is 33.7 Å². The molecule has 0 radical (unpaired) electrons. The molecule has 0 spiro atoms. The van der Waals surface area contributed by atoms with E-state index in [1.165, 1.54) is 15.9 Å². The van der Waals surface area contributed by atoms with E-state index in [1.807, 2.05) is 66.0 Å². The zero-order valence-electron chi connectivity index (χ0n) is 24.0. The molecule has 1 N–H and O–H groups in total. The lowest BCUT2D eigenvalue weighted by Crippen LogP contribution is -2.23. The number of furan rings is 1. The average molecular weight is 654 g/mol. The van der Waals surface area contributed by atoms with Gasteiger partial charge in [0.2, 0.25) is 5.91 Å². The summed E-state index contributed by atoms with van der Waals surface area (Å²) in [4.78, 5) is 33.0. The lowest BCUT2D eigenvalue weighted by molar-refractivity contribution is -0.113. The van der Waals surface area contributed by atoms with Crippen LogP contribution in [0.4, 0.5) is 5.69 Å². The number of para-hydroxylation sites is 3. The number of methoxy groups -OCH3 is 2. The lowest BCUT2D eigenvalue weighted by atomic mass is 10.1. The van der Waals surface area contributed by atoms with E-state index in [0.29, 0.717) is 54.4 Å². The normalized spacial score (nSPS) is 11.4. The number of hydrogen-bond acceptors (Lipinski definition) is 8. The van der Waals surface area contributed by atoms with Crippen molar-refractivity contribution in [3.8, 4) is 28.3 Å². The van der Waals surface area contributed by atoms with Gasteiger partial charge in [0.15, 0.2) is 5.16 Å². The first-order valence-corrected chi connectivity index (χ1v) is 16.1. The van der Waals surface area contributed by atoms with E-state index in [2.05, 4.69) is 5.32 Å². The standard InChI is InChI=1S/C34H24ClN3O5S2/c1-41-27-14-8-6-12-25(27)38-33(40)31-22(19-9-3-5-11-23(19)35)17-44-32(31)37-34(38)45-18-30(39)36-24-16-28-21(15-29(24)42-2)20-10-4-7-13-26(20)43-28/h3-17H,18H2,1-2H3,(H,36,39). The molecule has 0 aliphatic heterocycles. The van der Waals surface area contributed by atoms with Crippen LogP contribution in [0, 0.1) is 0 Å². The molecule has 11 heteroatoms. The number of rotatable bonds is 8. The van der Waals surface area contributed by atoms with E-state index >= 15 is 0 Å². The lowest BCUT2D eigenvalue weighted by Gasteiger charge is -2.15. The Morgan fingerprint density at radius 1 is 0.933 bits per heavy atom. The fourth-order valence-corrected chi connectivity index (χ4v) is 7.33. The van der Waals surface area contributed by atoms with Crippen molar-refractivity contribution in [3.63, 3.8) is 0 Å². The topological polar surface area (TPSA) is 95.6 Å². The number of carbonyl (C=O) groups is 1. The fraction of sp³-hybridized carbons (Fsp3) is 0.0882. The van der Waals surface area contributed by atoms with Gasteiger partial charge in [0, 0.05) is 38.4 Å². The zero-order valence-corrected chi connectivity index (χ0v) is 26.4. The van der Waals surface area contributed by atoms with Crippen LogP contribution < -0.4 is 20.3 Å². The number of ether oxygens (including phenoxy) is 2. The van der Waals surface area contributed by atoms with Gasteiger partial charge in [0.05, 0.1) is 36.7 Å². The molecule has 3 aromatic heterocycles. The molecule has 0 bridgehead atoms. The van der Waals surface area contributed by atoms with Gasteiger partial charge in [-0.2, -0.15) is 0 Å². The van der Waals surface area contributed by atoms with Gasteiger partial charge >= 0.3 is 0 Å². The molecule has 7 rings (SSSR count). The molecular formula is C34H24ClN3O5S2. The van der Waals surface area contributed by atoms with Gasteiger partial charge in [-0.25, -0.2) is 4.98 Å². The molecule has 0 saturated heterocycles. The number of aromatic nitrogens is 2. The number of benzene rings is 4. The first-order chi connectivity index (χ1) is 22.0. The number of anilines is 1. The Labute approximate surface area is 270 Å². The van der Waals surface area contributed by atoms with Crippen LogP contribution >= 0.6 is 34.7 Å². The van der Waals surface area contributed by atoms with E-state index < -0.39 is 0 Å². The third-order valence-corrected chi connectivity index (χ3v) is 9.51. The molecule has 3 heterocycles. The molecule has 0 fully saturated rings. The number of amides is 1. The highest BCUT2D eigenvalue weighted by molar-refractivity contribution is 7.99. The predicted molar refractivity (Wildman–Crippen MR) is 182 cm³/mol. The Kier molecular flexibility index (Phi) is 7.70. The van der Waals surface area contributed by atoms with Gasteiger partial charge in [-0.1, -0.05) is 71.9 Å². The third kappa shape index (κ3) is 5.20. The maximum atomic E-state index is 14.3. The average Bonchev–Trinajstić information content (AvgIpc) is 3.65. The minimum absolute atomic E-state index is 0.0306. The van der Waals surface area contributed by atoms with E-state index in [4.69, 9.17) is 30.5 Å². The number of carbonyl (C=O) groups excluding carboxylic acids is 1. The number of nitrogens with one attached hydrogen (secondary N) is 1. The van der Waals surface area contributed by atoms with Gasteiger partial charge < -0.3 is 19.2 Å². The second-order valence-corrected chi connectivity index (χ2v) is 12.2. The molecule has 7 aromatic rings. The molecule has 0 atom stereocenters. The molecule has 8 nitrogen and oxygen atoms in total. The summed E-state index contributed by atoms with van der Waals surface area (Å²) in [7, 11) is 3.10. The van der Waals surface area contributed by atoms with Crippen LogP contribution in [0.25, 0.3) is 49.0 Å². The van der Waals surface area contributed by atoms with Crippen LogP contribution in [0.3, 0.4) is 0 Å². The van der Waals surface area contributed by atoms with Crippen molar-refractivity contribution in [2.24, 2.45) is 0 Å². The summed E-state index contributed by atoms with van der Waals surface area (Å²) < 4.78 is 18.7. The van der Waals surface area contributed by atoms with E-state index in [9.17, 15) is 9.59 Å². The van der Waals surface area contributed by atoms with Crippen molar-refractivity contribution < 1.29 is 18.7 Å². The van der Waals surface area contributed by atoms with E-state index in [1.54, 1.807) is 38.5 Å². The Morgan fingerprint density at radius 2 is 1.69 bits per heavy atom. The smallest absolute Gasteiger partial charge is 0.268 e.